The van der Waals surface area contributed by atoms with Crippen molar-refractivity contribution < 1.29 is 39.5 Å². The number of ketones is 2. The van der Waals surface area contributed by atoms with Crippen molar-refractivity contribution in [3.05, 3.63) is 63.9 Å². The summed E-state index contributed by atoms with van der Waals surface area (Å²) in [5, 5.41) is 45.0. The average molecular weight is 564 g/mol. The Morgan fingerprint density at radius 3 is 2.46 bits per heavy atom. The largest absolute Gasteiger partial charge is 0.508 e. The van der Waals surface area contributed by atoms with Crippen LogP contribution >= 0.6 is 0 Å². The number of aliphatic hydroxyl groups is 3. The first-order chi connectivity index (χ1) is 19.4. The highest BCUT2D eigenvalue weighted by Gasteiger charge is 2.64. The number of rotatable bonds is 6. The second-order valence-electron chi connectivity index (χ2n) is 10.9. The lowest BCUT2D eigenvalue weighted by Gasteiger charge is -2.50. The number of carbonyl (C=O) groups is 3. The smallest absolute Gasteiger partial charge is 0.255 e. The fourth-order valence-electron chi connectivity index (χ4n) is 6.72. The summed E-state index contributed by atoms with van der Waals surface area (Å²) in [5.41, 5.74) is 10.4. The number of Topliss-reactive ketones (excluding diaryl/α,β-unsaturated/α-hetero) is 2. The van der Waals surface area contributed by atoms with Gasteiger partial charge in [0.1, 0.15) is 28.6 Å². The van der Waals surface area contributed by atoms with Crippen molar-refractivity contribution in [2.24, 2.45) is 23.3 Å². The van der Waals surface area contributed by atoms with E-state index in [1.54, 1.807) is 26.2 Å². The van der Waals surface area contributed by atoms with Gasteiger partial charge in [0.25, 0.3) is 5.91 Å². The van der Waals surface area contributed by atoms with Crippen molar-refractivity contribution in [3.63, 3.8) is 0 Å². The molecule has 0 spiro atoms. The molecule has 0 unspecified atom stereocenters. The van der Waals surface area contributed by atoms with Crippen molar-refractivity contribution >= 4 is 23.2 Å². The molecule has 216 valence electrons. The van der Waals surface area contributed by atoms with Gasteiger partial charge in [-0.05, 0) is 74.7 Å². The van der Waals surface area contributed by atoms with Crippen LogP contribution in [-0.2, 0) is 27.3 Å². The molecule has 0 saturated heterocycles. The molecule has 11 nitrogen and oxygen atoms in total. The van der Waals surface area contributed by atoms with Gasteiger partial charge in [0, 0.05) is 23.6 Å². The third kappa shape index (κ3) is 4.03. The fraction of sp³-hybridized carbons (Fsp3) is 0.367. The summed E-state index contributed by atoms with van der Waals surface area (Å²) in [5.74, 6) is -6.21. The zero-order valence-corrected chi connectivity index (χ0v) is 23.0. The van der Waals surface area contributed by atoms with Gasteiger partial charge in [-0.1, -0.05) is 12.1 Å². The van der Waals surface area contributed by atoms with Crippen LogP contribution in [0.4, 0.5) is 0 Å². The van der Waals surface area contributed by atoms with Crippen molar-refractivity contribution in [1.29, 1.82) is 0 Å². The molecule has 0 bridgehead atoms. The molecule has 0 radical (unpaired) electrons. The number of carbonyl (C=O) groups excluding carboxylic acids is 3. The molecule has 0 heterocycles. The molecule has 1 saturated carbocycles. The van der Waals surface area contributed by atoms with E-state index in [0.29, 0.717) is 23.5 Å². The summed E-state index contributed by atoms with van der Waals surface area (Å²) < 4.78 is 5.67. The van der Waals surface area contributed by atoms with Crippen LogP contribution in [0.2, 0.25) is 0 Å². The molecule has 11 heteroatoms. The summed E-state index contributed by atoms with van der Waals surface area (Å²) >= 11 is 0. The van der Waals surface area contributed by atoms with Crippen LogP contribution in [0.1, 0.15) is 30.0 Å². The van der Waals surface area contributed by atoms with Crippen molar-refractivity contribution in [2.45, 2.75) is 38.0 Å². The third-order valence-electron chi connectivity index (χ3n) is 8.50. The number of likely N-dealkylation sites (N-methyl/N-ethyl adjacent to an activating group) is 1. The lowest BCUT2D eigenvalue weighted by molar-refractivity contribution is -0.153. The van der Waals surface area contributed by atoms with E-state index in [9.17, 15) is 34.8 Å². The SMILES string of the molecule is CCOc1ccc(-c2ccc(O)c3c2C[C@H]2C[C@H]4[C@H](N(C)C)C(=O)C(C(N)=O)=C(O)[C@@]4(O)C(=O)C2=C3O)cc1CN. The molecule has 41 heavy (non-hydrogen) atoms. The van der Waals surface area contributed by atoms with Gasteiger partial charge in [-0.15, -0.1) is 0 Å². The molecule has 8 N–H and O–H groups in total. The van der Waals surface area contributed by atoms with Gasteiger partial charge in [0.2, 0.25) is 5.78 Å². The molecule has 0 aromatic heterocycles. The second-order valence-corrected chi connectivity index (χ2v) is 10.9. The van der Waals surface area contributed by atoms with Crippen LogP contribution < -0.4 is 16.2 Å². The highest BCUT2D eigenvalue weighted by molar-refractivity contribution is 6.24. The number of primary amides is 1. The molecule has 3 aliphatic rings. The molecule has 3 aliphatic carbocycles. The lowest BCUT2D eigenvalue weighted by Crippen LogP contribution is -2.65. The molecular formula is C30H33N3O8. The van der Waals surface area contributed by atoms with E-state index < -0.39 is 58.0 Å². The topological polar surface area (TPSA) is 197 Å². The molecule has 2 aromatic carbocycles. The Bertz CT molecular complexity index is 1560. The molecular weight excluding hydrogens is 530 g/mol. The van der Waals surface area contributed by atoms with Crippen LogP contribution in [0.25, 0.3) is 16.9 Å². The Kier molecular flexibility index (Phi) is 6.93. The third-order valence-corrected chi connectivity index (χ3v) is 8.50. The van der Waals surface area contributed by atoms with Crippen LogP contribution in [0.15, 0.2) is 47.2 Å². The Labute approximate surface area is 236 Å². The zero-order valence-electron chi connectivity index (χ0n) is 23.0. The molecule has 4 atom stereocenters. The van der Waals surface area contributed by atoms with Gasteiger partial charge in [0.15, 0.2) is 11.4 Å². The number of benzene rings is 2. The summed E-state index contributed by atoms with van der Waals surface area (Å²) in [6, 6.07) is 7.48. The number of ether oxygens (including phenoxy) is 1. The average Bonchev–Trinajstić information content (AvgIpc) is 2.91. The first kappa shape index (κ1) is 28.3. The first-order valence-corrected chi connectivity index (χ1v) is 13.3. The number of hydrogen-bond donors (Lipinski definition) is 6. The molecule has 5 rings (SSSR count). The van der Waals surface area contributed by atoms with Crippen molar-refractivity contribution in [1.82, 2.24) is 4.90 Å². The predicted octanol–water partition coefficient (Wildman–Crippen LogP) is 1.49. The van der Waals surface area contributed by atoms with Crippen LogP contribution in [-0.4, -0.2) is 75.1 Å². The maximum atomic E-state index is 14.0. The number of fused-ring (bicyclic) bond motifs is 3. The Hall–Kier alpha value is -4.19. The van der Waals surface area contributed by atoms with E-state index in [1.165, 1.54) is 11.0 Å². The normalized spacial score (nSPS) is 25.7. The Morgan fingerprint density at radius 1 is 1.15 bits per heavy atom. The van der Waals surface area contributed by atoms with Gasteiger partial charge < -0.3 is 36.6 Å². The minimum Gasteiger partial charge on any atom is -0.508 e. The number of nitrogens with zero attached hydrogens (tertiary/aromatic N) is 1. The van der Waals surface area contributed by atoms with E-state index in [0.717, 1.165) is 11.1 Å². The van der Waals surface area contributed by atoms with E-state index in [4.69, 9.17) is 16.2 Å². The molecule has 0 aliphatic heterocycles. The van der Waals surface area contributed by atoms with Crippen molar-refractivity contribution in [3.8, 4) is 22.6 Å². The first-order valence-electron chi connectivity index (χ1n) is 13.3. The van der Waals surface area contributed by atoms with E-state index >= 15 is 0 Å². The molecule has 1 amide bonds. The number of aliphatic hydroxyl groups excluding tert-OH is 2. The Balaban J connectivity index is 1.71. The fourth-order valence-corrected chi connectivity index (χ4v) is 6.72. The summed E-state index contributed by atoms with van der Waals surface area (Å²) in [6.07, 6.45) is 0.196. The van der Waals surface area contributed by atoms with Gasteiger partial charge in [-0.2, -0.15) is 0 Å². The molecule has 1 fully saturated rings. The summed E-state index contributed by atoms with van der Waals surface area (Å²) in [7, 11) is 3.12. The highest BCUT2D eigenvalue weighted by atomic mass is 16.5. The number of phenols is 1. The van der Waals surface area contributed by atoms with Gasteiger partial charge in [-0.3, -0.25) is 19.3 Å². The maximum Gasteiger partial charge on any atom is 0.255 e. The van der Waals surface area contributed by atoms with E-state index in [1.807, 2.05) is 19.1 Å². The number of amides is 1. The minimum absolute atomic E-state index is 0.0121. The second kappa shape index (κ2) is 10.0. The standard InChI is InChI=1S/C30H33N3O8/c1-4-41-20-8-5-13(9-15(20)12-31)16-6-7-19(34)22-17(16)10-14-11-18-24(33(2)3)26(36)23(29(32)39)28(38)30(18,40)27(37)21(14)25(22)35/h5-9,14,18,24,34-35,38,40H,4,10-12,31H2,1-3H3,(H2,32,39)/t14-,18-,24-,30-/m0/s1. The summed E-state index contributed by atoms with van der Waals surface area (Å²) in [4.78, 5) is 40.9. The lowest BCUT2D eigenvalue weighted by atomic mass is 9.57. The predicted molar refractivity (Wildman–Crippen MR) is 149 cm³/mol. The van der Waals surface area contributed by atoms with Crippen LogP contribution in [0.3, 0.4) is 0 Å². The van der Waals surface area contributed by atoms with Crippen LogP contribution in [0.5, 0.6) is 11.5 Å². The van der Waals surface area contributed by atoms with E-state index in [-0.39, 0.29) is 36.3 Å². The van der Waals surface area contributed by atoms with Crippen LogP contribution in [0, 0.1) is 11.8 Å². The summed E-state index contributed by atoms with van der Waals surface area (Å²) in [6.45, 7) is 2.56. The zero-order chi connectivity index (χ0) is 30.0. The van der Waals surface area contributed by atoms with Gasteiger partial charge in [0.05, 0.1) is 18.2 Å². The Morgan fingerprint density at radius 2 is 1.85 bits per heavy atom. The number of phenolic OH excluding ortho intramolecular Hbond substituents is 1. The van der Waals surface area contributed by atoms with Crippen molar-refractivity contribution in [2.75, 3.05) is 20.7 Å². The minimum atomic E-state index is -2.68. The molecule has 2 aromatic rings. The van der Waals surface area contributed by atoms with E-state index in [2.05, 4.69) is 0 Å². The maximum absolute atomic E-state index is 14.0. The van der Waals surface area contributed by atoms with Gasteiger partial charge in [-0.25, -0.2) is 0 Å². The number of aromatic hydroxyl groups is 1. The highest BCUT2D eigenvalue weighted by Crippen LogP contribution is 2.53. The van der Waals surface area contributed by atoms with Gasteiger partial charge >= 0.3 is 0 Å². The number of nitrogens with two attached hydrogens (primary N) is 2. The monoisotopic (exact) mass is 563 g/mol. The quantitative estimate of drug-likeness (QED) is 0.280. The number of hydrogen-bond acceptors (Lipinski definition) is 10.